The van der Waals surface area contributed by atoms with Gasteiger partial charge in [0.2, 0.25) is 0 Å². The van der Waals surface area contributed by atoms with Crippen LogP contribution in [0.25, 0.3) is 0 Å². The van der Waals surface area contributed by atoms with Gasteiger partial charge in [-0.3, -0.25) is 4.79 Å². The number of hydrogen-bond acceptors (Lipinski definition) is 2. The van der Waals surface area contributed by atoms with Crippen molar-refractivity contribution in [3.8, 4) is 0 Å². The van der Waals surface area contributed by atoms with Gasteiger partial charge in [-0.05, 0) is 37.0 Å². The van der Waals surface area contributed by atoms with Crippen LogP contribution in [0.4, 0.5) is 0 Å². The third-order valence-electron chi connectivity index (χ3n) is 4.81. The highest BCUT2D eigenvalue weighted by Gasteiger charge is 2.30. The number of hydrogen-bond donors (Lipinski definition) is 2. The number of piperidine rings is 1. The normalized spacial score (nSPS) is 17.6. The summed E-state index contributed by atoms with van der Waals surface area (Å²) >= 11 is 0. The van der Waals surface area contributed by atoms with Crippen molar-refractivity contribution in [3.63, 3.8) is 0 Å². The summed E-state index contributed by atoms with van der Waals surface area (Å²) in [4.78, 5) is 25.8. The first-order valence-corrected chi connectivity index (χ1v) is 8.83. The Kier molecular flexibility index (Phi) is 4.37. The summed E-state index contributed by atoms with van der Waals surface area (Å²) in [5, 5.41) is 0. The maximum atomic E-state index is 13.0. The van der Waals surface area contributed by atoms with Gasteiger partial charge in [0.15, 0.2) is 0 Å². The first-order chi connectivity index (χ1) is 12.3. The van der Waals surface area contributed by atoms with Gasteiger partial charge in [-0.1, -0.05) is 30.3 Å². The molecule has 5 nitrogen and oxygen atoms in total. The quantitative estimate of drug-likeness (QED) is 0.764. The highest BCUT2D eigenvalue weighted by atomic mass is 16.2. The minimum Gasteiger partial charge on any atom is -0.354 e. The Morgan fingerprint density at radius 2 is 2.04 bits per heavy atom. The number of benzene rings is 1. The molecule has 2 aromatic heterocycles. The smallest absolute Gasteiger partial charge is 0.270 e. The Morgan fingerprint density at radius 1 is 1.16 bits per heavy atom. The molecule has 1 atom stereocenters. The number of carbonyl (C=O) groups excluding carboxylic acids is 1. The molecule has 0 spiro atoms. The molecular formula is C20H22N4O. The van der Waals surface area contributed by atoms with Gasteiger partial charge in [0, 0.05) is 31.1 Å². The molecule has 2 N–H and O–H groups in total. The van der Waals surface area contributed by atoms with Crippen LogP contribution in [0.5, 0.6) is 0 Å². The lowest BCUT2D eigenvalue weighted by Crippen LogP contribution is -2.39. The van der Waals surface area contributed by atoms with Crippen LogP contribution >= 0.6 is 0 Å². The Balaban J connectivity index is 1.52. The number of H-pyrrole nitrogens is 2. The van der Waals surface area contributed by atoms with Gasteiger partial charge < -0.3 is 14.9 Å². The van der Waals surface area contributed by atoms with Crippen molar-refractivity contribution in [2.75, 3.05) is 6.54 Å². The Bertz CT molecular complexity index is 823. The van der Waals surface area contributed by atoms with Crippen LogP contribution in [0.2, 0.25) is 0 Å². The van der Waals surface area contributed by atoms with Crippen LogP contribution in [0, 0.1) is 0 Å². The second-order valence-corrected chi connectivity index (χ2v) is 6.54. The minimum atomic E-state index is 0.0390. The van der Waals surface area contributed by atoms with E-state index in [9.17, 15) is 4.79 Å². The lowest BCUT2D eigenvalue weighted by molar-refractivity contribution is 0.0595. The maximum absolute atomic E-state index is 13.0. The zero-order chi connectivity index (χ0) is 17.1. The van der Waals surface area contributed by atoms with Gasteiger partial charge in [-0.2, -0.15) is 0 Å². The van der Waals surface area contributed by atoms with Crippen molar-refractivity contribution in [2.24, 2.45) is 0 Å². The second-order valence-electron chi connectivity index (χ2n) is 6.54. The molecule has 1 aliphatic rings. The largest absolute Gasteiger partial charge is 0.354 e. The fraction of sp³-hybridized carbons (Fsp3) is 0.300. The molecule has 1 fully saturated rings. The molecule has 3 heterocycles. The van der Waals surface area contributed by atoms with E-state index >= 15 is 0 Å². The molecule has 1 aliphatic heterocycles. The average Bonchev–Trinajstić information content (AvgIpc) is 3.34. The zero-order valence-electron chi connectivity index (χ0n) is 14.1. The molecule has 5 heteroatoms. The third-order valence-corrected chi connectivity index (χ3v) is 4.81. The number of amides is 1. The second kappa shape index (κ2) is 6.97. The van der Waals surface area contributed by atoms with Crippen molar-refractivity contribution in [1.29, 1.82) is 0 Å². The van der Waals surface area contributed by atoms with Crippen molar-refractivity contribution in [3.05, 3.63) is 77.6 Å². The molecule has 128 valence electrons. The molecule has 1 aromatic carbocycles. The summed E-state index contributed by atoms with van der Waals surface area (Å²) in [5.74, 6) is 0.935. The molecule has 0 aliphatic carbocycles. The van der Waals surface area contributed by atoms with E-state index in [2.05, 4.69) is 27.1 Å². The summed E-state index contributed by atoms with van der Waals surface area (Å²) in [6, 6.07) is 14.2. The highest BCUT2D eigenvalue weighted by Crippen LogP contribution is 2.30. The van der Waals surface area contributed by atoms with E-state index in [1.54, 1.807) is 6.20 Å². The monoisotopic (exact) mass is 334 g/mol. The van der Waals surface area contributed by atoms with Gasteiger partial charge in [-0.25, -0.2) is 4.98 Å². The first kappa shape index (κ1) is 15.7. The van der Waals surface area contributed by atoms with Gasteiger partial charge in [0.05, 0.1) is 6.04 Å². The van der Waals surface area contributed by atoms with Crippen LogP contribution < -0.4 is 0 Å². The fourth-order valence-corrected chi connectivity index (χ4v) is 3.56. The van der Waals surface area contributed by atoms with E-state index in [0.717, 1.165) is 43.7 Å². The number of nitrogens with zero attached hydrogens (tertiary/aromatic N) is 2. The topological polar surface area (TPSA) is 64.8 Å². The first-order valence-electron chi connectivity index (χ1n) is 8.83. The molecule has 4 rings (SSSR count). The molecule has 0 bridgehead atoms. The van der Waals surface area contributed by atoms with Crippen molar-refractivity contribution >= 4 is 5.91 Å². The lowest BCUT2D eigenvalue weighted by Gasteiger charge is -2.34. The van der Waals surface area contributed by atoms with Gasteiger partial charge in [-0.15, -0.1) is 0 Å². The molecule has 0 saturated carbocycles. The summed E-state index contributed by atoms with van der Waals surface area (Å²) in [6.07, 6.45) is 7.49. The van der Waals surface area contributed by atoms with Crippen LogP contribution in [0.1, 0.15) is 52.9 Å². The molecule has 3 aromatic rings. The summed E-state index contributed by atoms with van der Waals surface area (Å²) < 4.78 is 0. The van der Waals surface area contributed by atoms with Crippen molar-refractivity contribution in [2.45, 2.75) is 31.7 Å². The molecule has 1 amide bonds. The van der Waals surface area contributed by atoms with E-state index < -0.39 is 0 Å². The number of likely N-dealkylation sites (tertiary alicyclic amines) is 1. The molecule has 25 heavy (non-hydrogen) atoms. The third kappa shape index (κ3) is 3.36. The summed E-state index contributed by atoms with van der Waals surface area (Å²) in [6.45, 7) is 0.775. The number of rotatable bonds is 4. The van der Waals surface area contributed by atoms with Crippen LogP contribution in [0.15, 0.2) is 54.9 Å². The van der Waals surface area contributed by atoms with Gasteiger partial charge in [0.25, 0.3) is 5.91 Å². The van der Waals surface area contributed by atoms with Crippen molar-refractivity contribution < 1.29 is 4.79 Å². The number of aromatic nitrogens is 3. The zero-order valence-corrected chi connectivity index (χ0v) is 14.1. The van der Waals surface area contributed by atoms with Crippen LogP contribution in [-0.2, 0) is 6.42 Å². The van der Waals surface area contributed by atoms with E-state index in [1.165, 1.54) is 5.56 Å². The number of aromatic amines is 2. The number of nitrogens with one attached hydrogen (secondary N) is 2. The molecule has 1 saturated heterocycles. The Hall–Kier alpha value is -2.82. The summed E-state index contributed by atoms with van der Waals surface area (Å²) in [7, 11) is 0. The van der Waals surface area contributed by atoms with Crippen molar-refractivity contribution in [1.82, 2.24) is 19.9 Å². The average molecular weight is 334 g/mol. The molecule has 0 radical (unpaired) electrons. The van der Waals surface area contributed by atoms with E-state index in [0.29, 0.717) is 5.69 Å². The maximum Gasteiger partial charge on any atom is 0.270 e. The van der Waals surface area contributed by atoms with E-state index in [4.69, 9.17) is 0 Å². The van der Waals surface area contributed by atoms with E-state index in [1.807, 2.05) is 41.4 Å². The fourth-order valence-electron chi connectivity index (χ4n) is 3.56. The predicted octanol–water partition coefficient (Wildman–Crippen LogP) is 3.70. The van der Waals surface area contributed by atoms with Gasteiger partial charge in [0.1, 0.15) is 11.5 Å². The highest BCUT2D eigenvalue weighted by molar-refractivity contribution is 5.93. The SMILES string of the molecule is O=C(c1ccc(Cc2ccccc2)[nH]1)N1CCCCC1c1ncc[nH]1. The Labute approximate surface area is 147 Å². The summed E-state index contributed by atoms with van der Waals surface area (Å²) in [5.41, 5.74) is 2.94. The van der Waals surface area contributed by atoms with Crippen LogP contribution in [-0.4, -0.2) is 32.3 Å². The van der Waals surface area contributed by atoms with Crippen LogP contribution in [0.3, 0.4) is 0 Å². The number of carbonyl (C=O) groups is 1. The molecular weight excluding hydrogens is 312 g/mol. The molecule has 1 unspecified atom stereocenters. The minimum absolute atomic E-state index is 0.0390. The Morgan fingerprint density at radius 3 is 2.84 bits per heavy atom. The predicted molar refractivity (Wildman–Crippen MR) is 96.3 cm³/mol. The number of imidazole rings is 1. The standard InChI is InChI=1S/C20H22N4O/c25-20(24-13-5-4-8-18(24)19-21-11-12-22-19)17-10-9-16(23-17)14-15-6-2-1-3-7-15/h1-3,6-7,9-12,18,23H,4-5,8,13-14H2,(H,21,22). The lowest BCUT2D eigenvalue weighted by atomic mass is 10.0. The van der Waals surface area contributed by atoms with E-state index in [-0.39, 0.29) is 11.9 Å². The van der Waals surface area contributed by atoms with Gasteiger partial charge >= 0.3 is 0 Å².